The van der Waals surface area contributed by atoms with Crippen molar-refractivity contribution in [3.8, 4) is 0 Å². The van der Waals surface area contributed by atoms with E-state index in [0.29, 0.717) is 13.0 Å². The SMILES string of the molecule is CCOC(=O)CC(CC)c1ccc(Cl)cc1. The van der Waals surface area contributed by atoms with Gasteiger partial charge in [0.15, 0.2) is 0 Å². The van der Waals surface area contributed by atoms with E-state index in [4.69, 9.17) is 16.3 Å². The van der Waals surface area contributed by atoms with Crippen LogP contribution in [0.4, 0.5) is 0 Å². The van der Waals surface area contributed by atoms with Crippen molar-refractivity contribution in [3.63, 3.8) is 0 Å². The molecule has 0 saturated carbocycles. The number of carbonyl (C=O) groups excluding carboxylic acids is 1. The molecule has 1 unspecified atom stereocenters. The Morgan fingerprint density at radius 3 is 2.44 bits per heavy atom. The van der Waals surface area contributed by atoms with Crippen molar-refractivity contribution in [2.24, 2.45) is 0 Å². The van der Waals surface area contributed by atoms with Crippen molar-refractivity contribution in [2.45, 2.75) is 32.6 Å². The molecule has 1 atom stereocenters. The molecule has 0 aliphatic carbocycles. The first-order valence-corrected chi connectivity index (χ1v) is 5.96. The molecular formula is C13H17ClO2. The van der Waals surface area contributed by atoms with E-state index in [-0.39, 0.29) is 11.9 Å². The highest BCUT2D eigenvalue weighted by Crippen LogP contribution is 2.24. The second-order valence-electron chi connectivity index (χ2n) is 3.67. The fourth-order valence-corrected chi connectivity index (χ4v) is 1.78. The van der Waals surface area contributed by atoms with E-state index < -0.39 is 0 Å². The summed E-state index contributed by atoms with van der Waals surface area (Å²) >= 11 is 5.82. The molecule has 1 aromatic carbocycles. The summed E-state index contributed by atoms with van der Waals surface area (Å²) in [4.78, 5) is 11.4. The predicted molar refractivity (Wildman–Crippen MR) is 65.7 cm³/mol. The molecule has 0 saturated heterocycles. The first-order valence-electron chi connectivity index (χ1n) is 5.58. The summed E-state index contributed by atoms with van der Waals surface area (Å²) in [5, 5.41) is 0.717. The average Bonchev–Trinajstić information content (AvgIpc) is 2.27. The minimum Gasteiger partial charge on any atom is -0.466 e. The smallest absolute Gasteiger partial charge is 0.306 e. The maximum atomic E-state index is 11.4. The van der Waals surface area contributed by atoms with Gasteiger partial charge in [-0.1, -0.05) is 30.7 Å². The molecule has 1 rings (SSSR count). The van der Waals surface area contributed by atoms with Crippen molar-refractivity contribution in [1.29, 1.82) is 0 Å². The summed E-state index contributed by atoms with van der Waals surface area (Å²) in [7, 11) is 0. The molecule has 0 amide bonds. The minimum atomic E-state index is -0.135. The summed E-state index contributed by atoms with van der Waals surface area (Å²) in [6.45, 7) is 4.33. The summed E-state index contributed by atoms with van der Waals surface area (Å²) in [6.07, 6.45) is 1.35. The maximum Gasteiger partial charge on any atom is 0.306 e. The van der Waals surface area contributed by atoms with Crippen LogP contribution in [-0.2, 0) is 9.53 Å². The van der Waals surface area contributed by atoms with Crippen LogP contribution in [0.1, 0.15) is 38.2 Å². The second kappa shape index (κ2) is 6.54. The fourth-order valence-electron chi connectivity index (χ4n) is 1.65. The number of carbonyl (C=O) groups is 1. The van der Waals surface area contributed by atoms with Gasteiger partial charge in [0.1, 0.15) is 0 Å². The average molecular weight is 241 g/mol. The van der Waals surface area contributed by atoms with Crippen molar-refractivity contribution in [2.75, 3.05) is 6.61 Å². The van der Waals surface area contributed by atoms with Gasteiger partial charge in [-0.3, -0.25) is 4.79 Å². The van der Waals surface area contributed by atoms with E-state index in [1.807, 2.05) is 31.2 Å². The molecule has 0 aliphatic heterocycles. The molecule has 0 fully saturated rings. The molecule has 2 nitrogen and oxygen atoms in total. The molecule has 3 heteroatoms. The number of esters is 1. The van der Waals surface area contributed by atoms with Gasteiger partial charge in [0, 0.05) is 5.02 Å². The number of hydrogen-bond acceptors (Lipinski definition) is 2. The number of ether oxygens (including phenoxy) is 1. The van der Waals surface area contributed by atoms with Crippen LogP contribution in [0, 0.1) is 0 Å². The molecule has 0 radical (unpaired) electrons. The molecular weight excluding hydrogens is 224 g/mol. The van der Waals surface area contributed by atoms with E-state index in [1.54, 1.807) is 0 Å². The number of hydrogen-bond donors (Lipinski definition) is 0. The van der Waals surface area contributed by atoms with Crippen molar-refractivity contribution < 1.29 is 9.53 Å². The Kier molecular flexibility index (Phi) is 5.33. The first kappa shape index (κ1) is 13.0. The van der Waals surface area contributed by atoms with Gasteiger partial charge in [-0.2, -0.15) is 0 Å². The highest BCUT2D eigenvalue weighted by atomic mass is 35.5. The van der Waals surface area contributed by atoms with E-state index in [0.717, 1.165) is 17.0 Å². The quantitative estimate of drug-likeness (QED) is 0.732. The Bertz CT molecular complexity index is 332. The molecule has 0 N–H and O–H groups in total. The molecule has 16 heavy (non-hydrogen) atoms. The molecule has 0 aliphatic rings. The molecule has 0 bridgehead atoms. The first-order chi connectivity index (χ1) is 7.67. The lowest BCUT2D eigenvalue weighted by atomic mass is 9.93. The maximum absolute atomic E-state index is 11.4. The summed E-state index contributed by atoms with van der Waals surface area (Å²) in [5.41, 5.74) is 1.14. The summed E-state index contributed by atoms with van der Waals surface area (Å²) in [6, 6.07) is 7.64. The van der Waals surface area contributed by atoms with Crippen LogP contribution in [0.2, 0.25) is 5.02 Å². The standard InChI is InChI=1S/C13H17ClO2/c1-3-10(9-13(15)16-4-2)11-5-7-12(14)8-6-11/h5-8,10H,3-4,9H2,1-2H3. The van der Waals surface area contributed by atoms with Crippen molar-refractivity contribution >= 4 is 17.6 Å². The zero-order valence-electron chi connectivity index (χ0n) is 9.70. The lowest BCUT2D eigenvalue weighted by Crippen LogP contribution is -2.09. The Morgan fingerprint density at radius 1 is 1.31 bits per heavy atom. The molecule has 0 heterocycles. The van der Waals surface area contributed by atoms with Gasteiger partial charge in [-0.25, -0.2) is 0 Å². The molecule has 1 aromatic rings. The Balaban J connectivity index is 2.67. The highest BCUT2D eigenvalue weighted by Gasteiger charge is 2.14. The van der Waals surface area contributed by atoms with Gasteiger partial charge in [-0.15, -0.1) is 0 Å². The lowest BCUT2D eigenvalue weighted by molar-refractivity contribution is -0.143. The van der Waals surface area contributed by atoms with Crippen LogP contribution in [-0.4, -0.2) is 12.6 Å². The third-order valence-electron chi connectivity index (χ3n) is 2.55. The van der Waals surface area contributed by atoms with Gasteiger partial charge in [0.25, 0.3) is 0 Å². The Hall–Kier alpha value is -1.02. The zero-order chi connectivity index (χ0) is 12.0. The van der Waals surface area contributed by atoms with Crippen LogP contribution in [0.3, 0.4) is 0 Å². The second-order valence-corrected chi connectivity index (χ2v) is 4.10. The third kappa shape index (κ3) is 3.86. The minimum absolute atomic E-state index is 0.135. The highest BCUT2D eigenvalue weighted by molar-refractivity contribution is 6.30. The van der Waals surface area contributed by atoms with Crippen LogP contribution in [0.5, 0.6) is 0 Å². The molecule has 0 spiro atoms. The Labute approximate surface area is 102 Å². The fraction of sp³-hybridized carbons (Fsp3) is 0.462. The topological polar surface area (TPSA) is 26.3 Å². The van der Waals surface area contributed by atoms with Gasteiger partial charge in [-0.05, 0) is 37.0 Å². The van der Waals surface area contributed by atoms with Gasteiger partial charge in [0.05, 0.1) is 13.0 Å². The summed E-state index contributed by atoms with van der Waals surface area (Å²) in [5.74, 6) is 0.0839. The van der Waals surface area contributed by atoms with E-state index in [1.165, 1.54) is 0 Å². The van der Waals surface area contributed by atoms with Crippen LogP contribution >= 0.6 is 11.6 Å². The number of rotatable bonds is 5. The third-order valence-corrected chi connectivity index (χ3v) is 2.80. The predicted octanol–water partition coefficient (Wildman–Crippen LogP) is 3.79. The number of benzene rings is 1. The number of halogens is 1. The monoisotopic (exact) mass is 240 g/mol. The molecule has 0 aromatic heterocycles. The van der Waals surface area contributed by atoms with Gasteiger partial charge in [0.2, 0.25) is 0 Å². The van der Waals surface area contributed by atoms with E-state index in [2.05, 4.69) is 6.92 Å². The lowest BCUT2D eigenvalue weighted by Gasteiger charge is -2.14. The van der Waals surface area contributed by atoms with Crippen LogP contribution in [0.25, 0.3) is 0 Å². The zero-order valence-corrected chi connectivity index (χ0v) is 10.5. The van der Waals surface area contributed by atoms with E-state index >= 15 is 0 Å². The van der Waals surface area contributed by atoms with Crippen molar-refractivity contribution in [3.05, 3.63) is 34.9 Å². The molecule has 88 valence electrons. The van der Waals surface area contributed by atoms with Crippen molar-refractivity contribution in [1.82, 2.24) is 0 Å². The largest absolute Gasteiger partial charge is 0.466 e. The van der Waals surface area contributed by atoms with Crippen LogP contribution in [0.15, 0.2) is 24.3 Å². The summed E-state index contributed by atoms with van der Waals surface area (Å²) < 4.78 is 4.95. The van der Waals surface area contributed by atoms with Crippen LogP contribution < -0.4 is 0 Å². The van der Waals surface area contributed by atoms with Gasteiger partial charge < -0.3 is 4.74 Å². The Morgan fingerprint density at radius 2 is 1.94 bits per heavy atom. The van der Waals surface area contributed by atoms with Gasteiger partial charge >= 0.3 is 5.97 Å². The van der Waals surface area contributed by atoms with E-state index in [9.17, 15) is 4.79 Å². The normalized spacial score (nSPS) is 12.2.